The van der Waals surface area contributed by atoms with Gasteiger partial charge < -0.3 is 9.63 Å². The number of aromatic nitrogens is 2. The highest BCUT2D eigenvalue weighted by molar-refractivity contribution is 7.90. The fourth-order valence-corrected chi connectivity index (χ4v) is 3.66. The molecule has 1 heterocycles. The van der Waals surface area contributed by atoms with E-state index in [1.807, 2.05) is 33.8 Å². The molecule has 0 aliphatic rings. The van der Waals surface area contributed by atoms with Gasteiger partial charge in [-0.15, -0.1) is 0 Å². The minimum atomic E-state index is -3.56. The Morgan fingerprint density at radius 3 is 2.30 bits per heavy atom. The van der Waals surface area contributed by atoms with E-state index in [1.54, 1.807) is 12.1 Å². The Bertz CT molecular complexity index is 761. The topological polar surface area (TPSA) is 93.3 Å². The van der Waals surface area contributed by atoms with Crippen LogP contribution in [-0.4, -0.2) is 29.4 Å². The van der Waals surface area contributed by atoms with E-state index < -0.39 is 15.9 Å². The maximum absolute atomic E-state index is 12.3. The number of aryl methyl sites for hydroxylation is 2. The van der Waals surface area contributed by atoms with Crippen LogP contribution in [0.1, 0.15) is 54.3 Å². The highest BCUT2D eigenvalue weighted by Crippen LogP contribution is 2.20. The lowest BCUT2D eigenvalue weighted by molar-refractivity contribution is 0.201. The third-order valence-electron chi connectivity index (χ3n) is 3.37. The summed E-state index contributed by atoms with van der Waals surface area (Å²) < 4.78 is 29.5. The molecule has 0 fully saturated rings. The average Bonchev–Trinajstić information content (AvgIpc) is 2.84. The molecule has 0 saturated heterocycles. The van der Waals surface area contributed by atoms with Crippen LogP contribution in [0.5, 0.6) is 0 Å². The van der Waals surface area contributed by atoms with E-state index in [1.165, 1.54) is 0 Å². The third-order valence-corrected chi connectivity index (χ3v) is 4.89. The molecule has 23 heavy (non-hydrogen) atoms. The second-order valence-corrected chi connectivity index (χ2v) is 8.30. The van der Waals surface area contributed by atoms with Crippen LogP contribution in [0.3, 0.4) is 0 Å². The number of rotatable bonds is 6. The van der Waals surface area contributed by atoms with E-state index in [-0.39, 0.29) is 23.2 Å². The summed E-state index contributed by atoms with van der Waals surface area (Å²) in [6.45, 7) is 7.58. The molecule has 0 aliphatic carbocycles. The molecule has 0 amide bonds. The smallest absolute Gasteiger partial charge is 0.229 e. The summed E-state index contributed by atoms with van der Waals surface area (Å²) in [6, 6.07) is 5.55. The number of sulfone groups is 1. The van der Waals surface area contributed by atoms with Crippen molar-refractivity contribution in [3.8, 4) is 0 Å². The molecule has 0 bridgehead atoms. The molecule has 7 heteroatoms. The SMILES string of the molecule is Cc1cc(C)cc(C(O)CS(=O)(=O)Cc2noc(C(C)C)n2)c1. The van der Waals surface area contributed by atoms with Crippen molar-refractivity contribution in [1.29, 1.82) is 0 Å². The van der Waals surface area contributed by atoms with Gasteiger partial charge in [0.25, 0.3) is 0 Å². The van der Waals surface area contributed by atoms with Crippen molar-refractivity contribution in [1.82, 2.24) is 10.1 Å². The summed E-state index contributed by atoms with van der Waals surface area (Å²) in [5, 5.41) is 13.9. The van der Waals surface area contributed by atoms with Crippen molar-refractivity contribution < 1.29 is 18.0 Å². The molecule has 126 valence electrons. The first-order valence-corrected chi connectivity index (χ1v) is 9.27. The first kappa shape index (κ1) is 17.6. The van der Waals surface area contributed by atoms with E-state index >= 15 is 0 Å². The van der Waals surface area contributed by atoms with Gasteiger partial charge >= 0.3 is 0 Å². The zero-order valence-electron chi connectivity index (χ0n) is 13.8. The predicted molar refractivity (Wildman–Crippen MR) is 86.8 cm³/mol. The maximum Gasteiger partial charge on any atom is 0.229 e. The van der Waals surface area contributed by atoms with Gasteiger partial charge in [0.15, 0.2) is 15.7 Å². The van der Waals surface area contributed by atoms with Crippen molar-refractivity contribution in [2.45, 2.75) is 45.5 Å². The average molecular weight is 338 g/mol. The molecule has 0 saturated carbocycles. The number of nitrogens with zero attached hydrogens (tertiary/aromatic N) is 2. The summed E-state index contributed by atoms with van der Waals surface area (Å²) in [5.74, 6) is -0.141. The van der Waals surface area contributed by atoms with Gasteiger partial charge in [-0.25, -0.2) is 8.42 Å². The maximum atomic E-state index is 12.3. The molecule has 1 N–H and O–H groups in total. The fraction of sp³-hybridized carbons (Fsp3) is 0.500. The van der Waals surface area contributed by atoms with Gasteiger partial charge in [0, 0.05) is 5.92 Å². The number of aliphatic hydroxyl groups excluding tert-OH is 1. The van der Waals surface area contributed by atoms with E-state index in [4.69, 9.17) is 4.52 Å². The lowest BCUT2D eigenvalue weighted by Gasteiger charge is -2.12. The van der Waals surface area contributed by atoms with Crippen LogP contribution in [0.15, 0.2) is 22.7 Å². The Hall–Kier alpha value is -1.73. The second kappa shape index (κ2) is 6.80. The molecule has 2 rings (SSSR count). The van der Waals surface area contributed by atoms with E-state index in [0.717, 1.165) is 11.1 Å². The van der Waals surface area contributed by atoms with Crippen LogP contribution >= 0.6 is 0 Å². The fourth-order valence-electron chi connectivity index (χ4n) is 2.36. The second-order valence-electron chi connectivity index (χ2n) is 6.19. The monoisotopic (exact) mass is 338 g/mol. The van der Waals surface area contributed by atoms with Gasteiger partial charge in [0.1, 0.15) is 5.75 Å². The van der Waals surface area contributed by atoms with Crippen LogP contribution in [0, 0.1) is 13.8 Å². The Morgan fingerprint density at radius 1 is 1.17 bits per heavy atom. The quantitative estimate of drug-likeness (QED) is 0.869. The Kier molecular flexibility index (Phi) is 5.21. The highest BCUT2D eigenvalue weighted by Gasteiger charge is 2.23. The Morgan fingerprint density at radius 2 is 1.78 bits per heavy atom. The van der Waals surface area contributed by atoms with Gasteiger partial charge in [-0.05, 0) is 19.4 Å². The molecule has 0 radical (unpaired) electrons. The highest BCUT2D eigenvalue weighted by atomic mass is 32.2. The molecule has 2 aromatic rings. The van der Waals surface area contributed by atoms with Crippen molar-refractivity contribution in [2.24, 2.45) is 0 Å². The predicted octanol–water partition coefficient (Wildman–Crippen LogP) is 2.46. The zero-order chi connectivity index (χ0) is 17.2. The van der Waals surface area contributed by atoms with Gasteiger partial charge in [0.05, 0.1) is 11.9 Å². The third kappa shape index (κ3) is 4.87. The van der Waals surface area contributed by atoms with E-state index in [2.05, 4.69) is 10.1 Å². The lowest BCUT2D eigenvalue weighted by atomic mass is 10.0. The van der Waals surface area contributed by atoms with E-state index in [0.29, 0.717) is 11.5 Å². The van der Waals surface area contributed by atoms with Gasteiger partial charge in [0.2, 0.25) is 5.89 Å². The lowest BCUT2D eigenvalue weighted by Crippen LogP contribution is -2.17. The van der Waals surface area contributed by atoms with Crippen LogP contribution in [0.4, 0.5) is 0 Å². The number of hydrogen-bond acceptors (Lipinski definition) is 6. The summed E-state index contributed by atoms with van der Waals surface area (Å²) in [5.41, 5.74) is 2.56. The minimum absolute atomic E-state index is 0.0415. The van der Waals surface area contributed by atoms with Crippen LogP contribution in [0.2, 0.25) is 0 Å². The van der Waals surface area contributed by atoms with Crippen molar-refractivity contribution >= 4 is 9.84 Å². The molecule has 0 spiro atoms. The van der Waals surface area contributed by atoms with Crippen LogP contribution < -0.4 is 0 Å². The minimum Gasteiger partial charge on any atom is -0.387 e. The molecule has 1 aromatic carbocycles. The van der Waals surface area contributed by atoms with Crippen molar-refractivity contribution in [3.63, 3.8) is 0 Å². The summed E-state index contributed by atoms with van der Waals surface area (Å²) in [6.07, 6.45) is -1.07. The zero-order valence-corrected chi connectivity index (χ0v) is 14.6. The molecular weight excluding hydrogens is 316 g/mol. The number of benzene rings is 1. The molecule has 1 unspecified atom stereocenters. The Balaban J connectivity index is 2.10. The van der Waals surface area contributed by atoms with Crippen molar-refractivity contribution in [3.05, 3.63) is 46.6 Å². The normalized spacial score (nSPS) is 13.5. The first-order chi connectivity index (χ1) is 10.7. The Labute approximate surface area is 136 Å². The van der Waals surface area contributed by atoms with Crippen LogP contribution in [-0.2, 0) is 15.6 Å². The largest absolute Gasteiger partial charge is 0.387 e. The molecule has 0 aliphatic heterocycles. The first-order valence-electron chi connectivity index (χ1n) is 7.45. The summed E-state index contributed by atoms with van der Waals surface area (Å²) in [4.78, 5) is 4.06. The number of aliphatic hydroxyl groups is 1. The molecular formula is C16H22N2O4S. The molecule has 1 aromatic heterocycles. The standard InChI is InChI=1S/C16H22N2O4S/c1-10(2)16-17-15(18-22-16)9-23(20,21)8-14(19)13-6-11(3)5-12(4)7-13/h5-7,10,14,19H,8-9H2,1-4H3. The van der Waals surface area contributed by atoms with Crippen molar-refractivity contribution in [2.75, 3.05) is 5.75 Å². The van der Waals surface area contributed by atoms with Crippen LogP contribution in [0.25, 0.3) is 0 Å². The van der Waals surface area contributed by atoms with E-state index in [9.17, 15) is 13.5 Å². The van der Waals surface area contributed by atoms with Gasteiger partial charge in [-0.1, -0.05) is 48.3 Å². The summed E-state index contributed by atoms with van der Waals surface area (Å²) in [7, 11) is -3.56. The molecule has 6 nitrogen and oxygen atoms in total. The summed E-state index contributed by atoms with van der Waals surface area (Å²) >= 11 is 0. The van der Waals surface area contributed by atoms with Gasteiger partial charge in [-0.2, -0.15) is 4.98 Å². The number of hydrogen-bond donors (Lipinski definition) is 1. The molecule has 1 atom stereocenters. The van der Waals surface area contributed by atoms with Gasteiger partial charge in [-0.3, -0.25) is 0 Å².